The van der Waals surface area contributed by atoms with E-state index in [2.05, 4.69) is 20.2 Å². The maximum atomic E-state index is 13.2. The fourth-order valence-corrected chi connectivity index (χ4v) is 3.40. The average Bonchev–Trinajstić information content (AvgIpc) is 3.43. The molecule has 2 aromatic carbocycles. The van der Waals surface area contributed by atoms with Gasteiger partial charge in [0.25, 0.3) is 5.95 Å². The molecule has 3 aromatic heterocycles. The zero-order valence-electron chi connectivity index (χ0n) is 16.4. The number of carboxylic acids is 1. The summed E-state index contributed by atoms with van der Waals surface area (Å²) in [6.45, 7) is 0.347. The van der Waals surface area contributed by atoms with Gasteiger partial charge in [0, 0.05) is 6.20 Å². The summed E-state index contributed by atoms with van der Waals surface area (Å²) in [4.78, 5) is 19.4. The number of rotatable bonds is 5. The van der Waals surface area contributed by atoms with Gasteiger partial charge in [0.1, 0.15) is 16.9 Å². The number of aromatic hydroxyl groups is 1. The molecule has 0 bridgehead atoms. The molecule has 0 atom stereocenters. The zero-order valence-corrected chi connectivity index (χ0v) is 16.4. The van der Waals surface area contributed by atoms with E-state index in [0.29, 0.717) is 17.6 Å². The summed E-state index contributed by atoms with van der Waals surface area (Å²) in [7, 11) is 0. The fourth-order valence-electron chi connectivity index (χ4n) is 3.40. The number of hydrogen-bond acceptors (Lipinski definition) is 6. The normalized spacial score (nSPS) is 11.2. The van der Waals surface area contributed by atoms with Crippen LogP contribution in [0.25, 0.3) is 28.1 Å². The maximum absolute atomic E-state index is 13.2. The van der Waals surface area contributed by atoms with E-state index in [-0.39, 0.29) is 23.2 Å². The molecule has 5 aromatic rings. The van der Waals surface area contributed by atoms with Crippen molar-refractivity contribution in [3.8, 4) is 23.0 Å². The Bertz CT molecular complexity index is 1460. The van der Waals surface area contributed by atoms with Gasteiger partial charge in [-0.15, -0.1) is 0 Å². The Morgan fingerprint density at radius 2 is 1.81 bits per heavy atom. The lowest BCUT2D eigenvalue weighted by Gasteiger charge is -2.08. The monoisotopic (exact) mass is 430 g/mol. The van der Waals surface area contributed by atoms with Gasteiger partial charge in [0.2, 0.25) is 5.88 Å². The highest BCUT2D eigenvalue weighted by Gasteiger charge is 2.16. The molecule has 0 saturated heterocycles. The molecular weight excluding hydrogens is 415 g/mol. The summed E-state index contributed by atoms with van der Waals surface area (Å²) >= 11 is 0. The van der Waals surface area contributed by atoms with E-state index in [1.54, 1.807) is 16.8 Å². The summed E-state index contributed by atoms with van der Waals surface area (Å²) in [6, 6.07) is 14.0. The number of fused-ring (bicyclic) bond motifs is 1. The first kappa shape index (κ1) is 19.4. The Balaban J connectivity index is 1.47. The minimum absolute atomic E-state index is 0.0232. The zero-order chi connectivity index (χ0) is 22.2. The topological polar surface area (TPSA) is 119 Å². The Morgan fingerprint density at radius 3 is 2.56 bits per heavy atom. The Hall–Kier alpha value is -4.60. The number of carbonyl (C=O) groups is 1. The predicted molar refractivity (Wildman–Crippen MR) is 112 cm³/mol. The number of nitrogens with zero attached hydrogens (tertiary/aromatic N) is 6. The van der Waals surface area contributed by atoms with E-state index < -0.39 is 5.97 Å². The quantitative estimate of drug-likeness (QED) is 0.439. The smallest absolute Gasteiger partial charge is 0.338 e. The summed E-state index contributed by atoms with van der Waals surface area (Å²) in [5, 5.41) is 27.8. The molecule has 9 nitrogen and oxygen atoms in total. The van der Waals surface area contributed by atoms with E-state index in [0.717, 1.165) is 16.7 Å². The van der Waals surface area contributed by atoms with Gasteiger partial charge in [-0.05, 0) is 34.9 Å². The molecule has 5 rings (SSSR count). The summed E-state index contributed by atoms with van der Waals surface area (Å²) < 4.78 is 16.0. The molecule has 0 spiro atoms. The van der Waals surface area contributed by atoms with Crippen LogP contribution in [0.4, 0.5) is 4.39 Å². The third-order valence-corrected chi connectivity index (χ3v) is 4.93. The van der Waals surface area contributed by atoms with Gasteiger partial charge in [-0.3, -0.25) is 4.68 Å². The number of aromatic carboxylic acids is 1. The van der Waals surface area contributed by atoms with Crippen molar-refractivity contribution >= 4 is 17.0 Å². The summed E-state index contributed by atoms with van der Waals surface area (Å²) in [6.07, 6.45) is 3.92. The minimum Gasteiger partial charge on any atom is -0.492 e. The molecule has 32 heavy (non-hydrogen) atoms. The summed E-state index contributed by atoms with van der Waals surface area (Å²) in [5.41, 5.74) is 3.42. The first-order valence-corrected chi connectivity index (χ1v) is 9.54. The van der Waals surface area contributed by atoms with E-state index in [1.807, 2.05) is 24.3 Å². The fraction of sp³-hybridized carbons (Fsp3) is 0.0455. The van der Waals surface area contributed by atoms with Gasteiger partial charge < -0.3 is 10.2 Å². The minimum atomic E-state index is -1.13. The van der Waals surface area contributed by atoms with Crippen LogP contribution in [-0.2, 0) is 6.54 Å². The lowest BCUT2D eigenvalue weighted by molar-refractivity contribution is 0.0697. The molecule has 0 aliphatic carbocycles. The van der Waals surface area contributed by atoms with Gasteiger partial charge in [0.15, 0.2) is 0 Å². The lowest BCUT2D eigenvalue weighted by Crippen LogP contribution is -2.05. The van der Waals surface area contributed by atoms with Crippen molar-refractivity contribution in [1.29, 1.82) is 0 Å². The molecule has 158 valence electrons. The number of halogens is 1. The Morgan fingerprint density at radius 1 is 1.00 bits per heavy atom. The highest BCUT2D eigenvalue weighted by Crippen LogP contribution is 2.25. The van der Waals surface area contributed by atoms with Crippen molar-refractivity contribution in [2.75, 3.05) is 0 Å². The Kier molecular flexibility index (Phi) is 4.59. The molecule has 2 N–H and O–H groups in total. The third kappa shape index (κ3) is 3.54. The number of aromatic nitrogens is 6. The van der Waals surface area contributed by atoms with Crippen LogP contribution < -0.4 is 0 Å². The van der Waals surface area contributed by atoms with Crippen molar-refractivity contribution in [3.05, 3.63) is 84.1 Å². The van der Waals surface area contributed by atoms with E-state index in [1.165, 1.54) is 35.4 Å². The van der Waals surface area contributed by atoms with Gasteiger partial charge in [-0.25, -0.2) is 18.9 Å². The van der Waals surface area contributed by atoms with Crippen LogP contribution in [0.2, 0.25) is 0 Å². The molecule has 0 fully saturated rings. The van der Waals surface area contributed by atoms with Crippen LogP contribution in [0.5, 0.6) is 5.88 Å². The maximum Gasteiger partial charge on any atom is 0.338 e. The van der Waals surface area contributed by atoms with Crippen LogP contribution in [-0.4, -0.2) is 45.7 Å². The SMILES string of the molecule is O=C(O)c1cnn(-c2nc(O)c3c(cnn3Cc3cccc(-c4ccc(F)cc4)c3)n2)c1. The third-order valence-electron chi connectivity index (χ3n) is 4.93. The molecule has 0 aliphatic heterocycles. The van der Waals surface area contributed by atoms with E-state index >= 15 is 0 Å². The van der Waals surface area contributed by atoms with Crippen molar-refractivity contribution in [2.24, 2.45) is 0 Å². The molecule has 10 heteroatoms. The van der Waals surface area contributed by atoms with Crippen LogP contribution in [0.3, 0.4) is 0 Å². The van der Waals surface area contributed by atoms with Gasteiger partial charge in [-0.1, -0.05) is 30.3 Å². The predicted octanol–water partition coefficient (Wildman–Crippen LogP) is 3.27. The van der Waals surface area contributed by atoms with Crippen molar-refractivity contribution in [1.82, 2.24) is 29.5 Å². The van der Waals surface area contributed by atoms with Crippen molar-refractivity contribution in [3.63, 3.8) is 0 Å². The molecule has 0 unspecified atom stereocenters. The molecule has 3 heterocycles. The summed E-state index contributed by atoms with van der Waals surface area (Å²) in [5.74, 6) is -1.70. The number of benzene rings is 2. The first-order chi connectivity index (χ1) is 15.5. The lowest BCUT2D eigenvalue weighted by atomic mass is 10.0. The molecule has 0 amide bonds. The molecule has 0 saturated carbocycles. The molecule has 0 aliphatic rings. The van der Waals surface area contributed by atoms with E-state index in [9.17, 15) is 14.3 Å². The average molecular weight is 430 g/mol. The van der Waals surface area contributed by atoms with E-state index in [4.69, 9.17) is 5.11 Å². The van der Waals surface area contributed by atoms with Gasteiger partial charge >= 0.3 is 5.97 Å². The number of hydrogen-bond donors (Lipinski definition) is 2. The van der Waals surface area contributed by atoms with Gasteiger partial charge in [-0.2, -0.15) is 15.2 Å². The Labute approximate surface area is 180 Å². The van der Waals surface area contributed by atoms with Gasteiger partial charge in [0.05, 0.1) is 24.5 Å². The molecular formula is C22H15FN6O3. The van der Waals surface area contributed by atoms with Crippen LogP contribution in [0.15, 0.2) is 67.1 Å². The van der Waals surface area contributed by atoms with Crippen LogP contribution in [0, 0.1) is 5.82 Å². The number of carboxylic acid groups (broad SMARTS) is 1. The highest BCUT2D eigenvalue weighted by atomic mass is 19.1. The second-order valence-electron chi connectivity index (χ2n) is 7.07. The standard InChI is InChI=1S/C22H15FN6O3/c23-17-6-4-14(5-7-17)15-3-1-2-13(8-15)11-28-19-18(10-25-28)26-22(27-20(19)30)29-12-16(9-24-29)21(31)32/h1-10,12H,11H2,(H,31,32)(H,26,27,30). The molecule has 0 radical (unpaired) electrons. The largest absolute Gasteiger partial charge is 0.492 e. The second-order valence-corrected chi connectivity index (χ2v) is 7.07. The van der Waals surface area contributed by atoms with Crippen LogP contribution in [0.1, 0.15) is 15.9 Å². The van der Waals surface area contributed by atoms with Crippen molar-refractivity contribution < 1.29 is 19.4 Å². The second kappa shape index (κ2) is 7.58. The van der Waals surface area contributed by atoms with Crippen LogP contribution >= 0.6 is 0 Å². The van der Waals surface area contributed by atoms with Crippen molar-refractivity contribution in [2.45, 2.75) is 6.54 Å². The first-order valence-electron chi connectivity index (χ1n) is 9.54. The highest BCUT2D eigenvalue weighted by molar-refractivity contribution is 5.87.